The van der Waals surface area contributed by atoms with Crippen LogP contribution in [0.5, 0.6) is 0 Å². The van der Waals surface area contributed by atoms with E-state index in [9.17, 15) is 12.9 Å². The topological polar surface area (TPSA) is 23.6 Å². The number of hydrogen-bond donors (Lipinski definition) is 0. The Morgan fingerprint density at radius 2 is 0.649 bits per heavy atom. The van der Waals surface area contributed by atoms with Crippen LogP contribution >= 0.6 is 54.6 Å². The van der Waals surface area contributed by atoms with Crippen LogP contribution in [0, 0.1) is 35.9 Å². The van der Waals surface area contributed by atoms with Gasteiger partial charge in [0.05, 0.1) is 34.0 Å². The molecule has 8 fully saturated rings. The maximum Gasteiger partial charge on any atom is 1.00 e. The predicted octanol–water partition coefficient (Wildman–Crippen LogP) is 30.9. The Balaban J connectivity index is 0.000000387. The third-order valence-electron chi connectivity index (χ3n) is 27.8. The number of rotatable bonds is 19. The summed E-state index contributed by atoms with van der Waals surface area (Å²) >= 11 is -3.23. The number of aryl methyl sites for hydroxylation is 6. The van der Waals surface area contributed by atoms with Crippen LogP contribution in [-0.4, -0.2) is 94.6 Å². The molecular weight excluding hydrogens is 1950 g/mol. The van der Waals surface area contributed by atoms with Crippen LogP contribution in [0.2, 0.25) is 32.7 Å². The first-order valence-electron chi connectivity index (χ1n) is 50.6. The van der Waals surface area contributed by atoms with Crippen molar-refractivity contribution in [3.8, 4) is 0 Å². The van der Waals surface area contributed by atoms with E-state index >= 15 is 0 Å². The molecule has 0 atom stereocenters. The molecule has 14 rings (SSSR count). The van der Waals surface area contributed by atoms with Crippen molar-refractivity contribution in [2.24, 2.45) is 16.2 Å². The molecule has 0 N–H and O–H groups in total. The van der Waals surface area contributed by atoms with Crippen molar-refractivity contribution in [1.29, 1.82) is 0 Å². The van der Waals surface area contributed by atoms with Crippen LogP contribution in [0.15, 0.2) is 115 Å². The van der Waals surface area contributed by atoms with Crippen LogP contribution in [-0.2, 0) is 65.6 Å². The Labute approximate surface area is 847 Å². The number of hydrogen-bond acceptors (Lipinski definition) is 2. The van der Waals surface area contributed by atoms with Gasteiger partial charge in [0.2, 0.25) is 5.69 Å². The molecule has 20 heteroatoms. The first-order chi connectivity index (χ1) is 60.3. The van der Waals surface area contributed by atoms with E-state index in [-0.39, 0.29) is 79.7 Å². The summed E-state index contributed by atoms with van der Waals surface area (Å²) in [6.07, 6.45) is 60.3. The second kappa shape index (κ2) is 61.1. The molecule has 742 valence electrons. The van der Waals surface area contributed by atoms with E-state index in [1.54, 1.807) is 193 Å². The van der Waals surface area contributed by atoms with E-state index in [1.807, 2.05) is 69.9 Å². The minimum absolute atomic E-state index is 0. The van der Waals surface area contributed by atoms with E-state index < -0.39 is 51.1 Å². The van der Waals surface area contributed by atoms with Gasteiger partial charge in [0, 0.05) is 75.1 Å². The average molecular weight is 2130 g/mol. The Bertz CT molecular complexity index is 3710. The van der Waals surface area contributed by atoms with Crippen molar-refractivity contribution in [2.75, 3.05) is 9.80 Å². The van der Waals surface area contributed by atoms with Crippen LogP contribution < -0.4 is 33.4 Å². The largest absolute Gasteiger partial charge is 1.00 e. The maximum absolute atomic E-state index is 9.67. The van der Waals surface area contributed by atoms with Gasteiger partial charge in [-0.15, -0.1) is 10.8 Å². The van der Waals surface area contributed by atoms with Gasteiger partial charge in [0.1, 0.15) is 0 Å². The molecule has 0 spiro atoms. The predicted molar refractivity (Wildman–Crippen MR) is 582 cm³/mol. The summed E-state index contributed by atoms with van der Waals surface area (Å²) in [7, 11) is 16.4. The normalized spacial score (nSPS) is 20.2. The molecule has 6 saturated carbocycles. The molecule has 131 heavy (non-hydrogen) atoms. The SMILES string of the molecule is C.C1CCC([PH+](C2CCCCC2)C2CCCCC2)CC1.C1CCC([PH+](C2CCCCC2)C2CCCCC2)CC1.CCc1cccc(CC)c1N1[CH-]C(C)(C)CC1(C)C.CCc1cccc(CC)c1N1[CH-]C(C)(C)CC1(C)C.CCc1cccc(CC)c1[N+]1=CC(C)(C)CC1(C)C.FB(F)F.[CH2+][Si](C)(C)[N-][Si](C)(C)C.[Cl][Ru]([Cl])=[CH]c1ccccc1.[Cl][Ru]([Cl])=[CH]c1ccccc1.[F-].[Li+]. The van der Waals surface area contributed by atoms with Crippen molar-refractivity contribution in [1.82, 2.24) is 0 Å². The molecule has 3 aliphatic heterocycles. The zero-order valence-electron chi connectivity index (χ0n) is 86.2. The number of halogens is 8. The molecule has 0 radical (unpaired) electrons. The van der Waals surface area contributed by atoms with Gasteiger partial charge in [-0.25, -0.2) is 13.1 Å². The van der Waals surface area contributed by atoms with Gasteiger partial charge in [0.15, 0.2) is 20.0 Å². The molecule has 0 unspecified atom stereocenters. The summed E-state index contributed by atoms with van der Waals surface area (Å²) in [5.74, 6) is 0. The summed E-state index contributed by atoms with van der Waals surface area (Å²) in [5, 5.41) is 0. The zero-order chi connectivity index (χ0) is 94.7. The fourth-order valence-corrected chi connectivity index (χ4v) is 45.1. The molecule has 0 bridgehead atoms. The molecule has 4 nitrogen and oxygen atoms in total. The molecule has 5 aromatic carbocycles. The zero-order valence-corrected chi connectivity index (χ0v) is 96.7. The summed E-state index contributed by atoms with van der Waals surface area (Å²) in [6.45, 7) is 61.9. The number of nitrogens with zero attached hydrogens (tertiary/aromatic N) is 4. The third kappa shape index (κ3) is 43.8. The standard InChI is InChI=1S/3C18H28N.2C18H33P.2C7H6.C6H17NSi2.CH4.BF3.4ClH.FH.Li.2Ru/c3*1-7-14-10-9-11-15(8-2)16(14)19-13-17(3,4)12-18(19,5)6;2*1-4-10-16(11-5-1)19(17-12-6-2-7-13-17)18-14-8-3-9-15-18;2*1-7-5-3-2-4-6-7;1-8(2,3)7-9(4,5)6;;2-1(3)4;;;;;;;;/h3*9-11,13H,7-8,12H2,1-6H3;2*16-18H,1-15H2;2*1-6H;1H2,2-6H3;1H4;;5*1H;;;/q2*-1;+1;;;;;;;;;;;;;+1;2*+2/p-3. The van der Waals surface area contributed by atoms with Gasteiger partial charge in [-0.2, -0.15) is 4.58 Å². The van der Waals surface area contributed by atoms with Gasteiger partial charge in [-0.3, -0.25) is 12.9 Å². The van der Waals surface area contributed by atoms with Gasteiger partial charge < -0.3 is 19.2 Å². The van der Waals surface area contributed by atoms with Gasteiger partial charge >= 0.3 is 173 Å². The quantitative estimate of drug-likeness (QED) is 0.0270. The minimum Gasteiger partial charge on any atom is -1.00 e. The molecule has 6 aliphatic carbocycles. The number of para-hydroxylation sites is 3. The smallest absolute Gasteiger partial charge is 1.00 e. The summed E-state index contributed by atoms with van der Waals surface area (Å²) in [4.78, 5) is 5.09. The van der Waals surface area contributed by atoms with E-state index in [0.29, 0.717) is 0 Å². The van der Waals surface area contributed by atoms with E-state index in [0.717, 1.165) is 49.7 Å². The molecule has 0 amide bonds. The Morgan fingerprint density at radius 3 is 0.824 bits per heavy atom. The van der Waals surface area contributed by atoms with Crippen molar-refractivity contribution in [2.45, 2.75) is 466 Å². The fraction of sp³-hybridized carbons (Fsp3) is 0.676. The van der Waals surface area contributed by atoms with Gasteiger partial charge in [-0.1, -0.05) is 224 Å². The van der Waals surface area contributed by atoms with E-state index in [2.05, 4.69) is 252 Å². The Kier molecular flexibility index (Phi) is 57.9. The second-order valence-electron chi connectivity index (χ2n) is 44.1. The fourth-order valence-electron chi connectivity index (χ4n) is 23.7. The van der Waals surface area contributed by atoms with Crippen molar-refractivity contribution >= 4 is 111 Å². The van der Waals surface area contributed by atoms with Crippen molar-refractivity contribution in [3.63, 3.8) is 0 Å². The summed E-state index contributed by atoms with van der Waals surface area (Å²) in [6, 6.07) is 40.1. The van der Waals surface area contributed by atoms with Crippen LogP contribution in [0.1, 0.15) is 388 Å². The first kappa shape index (κ1) is 124. The molecule has 0 aromatic heterocycles. The second-order valence-corrected chi connectivity index (χ2v) is 71.3. The minimum atomic E-state index is -3.67. The molecule has 9 aliphatic rings. The third-order valence-corrected chi connectivity index (χ3v) is 45.7. The number of benzene rings is 5. The van der Waals surface area contributed by atoms with Gasteiger partial charge in [-0.05, 0) is 262 Å². The maximum atomic E-state index is 9.67. The molecule has 5 aromatic rings. The van der Waals surface area contributed by atoms with Crippen LogP contribution in [0.3, 0.4) is 0 Å². The summed E-state index contributed by atoms with van der Waals surface area (Å²) < 4.78 is 40.1. The number of anilines is 2. The average Bonchev–Trinajstić information content (AvgIpc) is 1.62. The van der Waals surface area contributed by atoms with Gasteiger partial charge in [0.25, 0.3) is 0 Å². The Morgan fingerprint density at radius 1 is 0.412 bits per heavy atom. The Hall–Kier alpha value is -0.977. The van der Waals surface area contributed by atoms with Crippen molar-refractivity contribution in [3.05, 3.63) is 184 Å². The monoisotopic (exact) mass is 2130 g/mol. The van der Waals surface area contributed by atoms with E-state index in [1.165, 1.54) is 104 Å². The molecule has 2 saturated heterocycles. The van der Waals surface area contributed by atoms with E-state index in [4.69, 9.17) is 43.4 Å². The summed E-state index contributed by atoms with van der Waals surface area (Å²) in [5.41, 5.74) is 24.3. The van der Waals surface area contributed by atoms with Crippen LogP contribution in [0.4, 0.5) is 30.0 Å². The van der Waals surface area contributed by atoms with Crippen LogP contribution in [0.25, 0.3) is 4.65 Å². The van der Waals surface area contributed by atoms with Crippen molar-refractivity contribution < 1.29 is 68.1 Å². The molecule has 3 heterocycles. The molecular formula is C111H185BCl4F4LiN4P2Ru2Si2+. The first-order valence-corrected chi connectivity index (χ1v) is 71.7.